The number of aromatic nitrogens is 3. The molecule has 0 radical (unpaired) electrons. The fraction of sp³-hybridized carbons (Fsp3) is 0.0556. The lowest BCUT2D eigenvalue weighted by atomic mass is 10.1. The molecule has 3 aromatic heterocycles. The minimum atomic E-state index is 0.793. The summed E-state index contributed by atoms with van der Waals surface area (Å²) in [5, 5.41) is 6.65. The van der Waals surface area contributed by atoms with E-state index in [1.54, 1.807) is 12.4 Å². The highest BCUT2D eigenvalue weighted by Crippen LogP contribution is 2.29. The monoisotopic (exact) mass is 286 g/mol. The predicted octanol–water partition coefficient (Wildman–Crippen LogP) is 4.23. The van der Waals surface area contributed by atoms with Gasteiger partial charge in [-0.25, -0.2) is 4.98 Å². The van der Waals surface area contributed by atoms with E-state index in [-0.39, 0.29) is 0 Å². The topological polar surface area (TPSA) is 50.7 Å². The number of pyridine rings is 3. The summed E-state index contributed by atoms with van der Waals surface area (Å²) in [5.41, 5.74) is 3.11. The number of aryl methyl sites for hydroxylation is 1. The molecule has 4 aromatic rings. The highest BCUT2D eigenvalue weighted by molar-refractivity contribution is 5.98. The molecule has 0 spiro atoms. The van der Waals surface area contributed by atoms with Gasteiger partial charge in [0, 0.05) is 35.6 Å². The quantitative estimate of drug-likeness (QED) is 0.599. The first-order valence-corrected chi connectivity index (χ1v) is 7.13. The van der Waals surface area contributed by atoms with Gasteiger partial charge in [-0.3, -0.25) is 9.97 Å². The lowest BCUT2D eigenvalue weighted by Gasteiger charge is -2.11. The maximum Gasteiger partial charge on any atom is 0.139 e. The zero-order valence-corrected chi connectivity index (χ0v) is 12.1. The van der Waals surface area contributed by atoms with Crippen LogP contribution in [0.25, 0.3) is 21.7 Å². The number of nitrogens with zero attached hydrogens (tertiary/aromatic N) is 3. The standard InChI is InChI=1S/C18H14N4/c1-12-4-5-16(17-14(12)3-2-8-20-17)22-18-15-11-19-9-6-13(15)7-10-21-18/h2-11H,1H3,(H,21,22). The van der Waals surface area contributed by atoms with Gasteiger partial charge in [-0.2, -0.15) is 0 Å². The molecule has 0 amide bonds. The van der Waals surface area contributed by atoms with Gasteiger partial charge in [0.15, 0.2) is 0 Å². The van der Waals surface area contributed by atoms with Gasteiger partial charge in [0.25, 0.3) is 0 Å². The van der Waals surface area contributed by atoms with Gasteiger partial charge < -0.3 is 5.32 Å². The molecule has 4 nitrogen and oxygen atoms in total. The van der Waals surface area contributed by atoms with Crippen LogP contribution < -0.4 is 5.32 Å². The van der Waals surface area contributed by atoms with Gasteiger partial charge in [-0.1, -0.05) is 12.1 Å². The minimum absolute atomic E-state index is 0.793. The van der Waals surface area contributed by atoms with Crippen LogP contribution in [0.2, 0.25) is 0 Å². The Bertz CT molecular complexity index is 973. The van der Waals surface area contributed by atoms with E-state index in [1.165, 1.54) is 5.56 Å². The van der Waals surface area contributed by atoms with Crippen molar-refractivity contribution in [3.05, 3.63) is 66.7 Å². The smallest absolute Gasteiger partial charge is 0.139 e. The molecule has 1 aromatic carbocycles. The number of fused-ring (bicyclic) bond motifs is 2. The molecular weight excluding hydrogens is 272 g/mol. The number of rotatable bonds is 2. The second-order valence-corrected chi connectivity index (χ2v) is 5.21. The Morgan fingerprint density at radius 3 is 2.73 bits per heavy atom. The summed E-state index contributed by atoms with van der Waals surface area (Å²) in [6.07, 6.45) is 7.23. The van der Waals surface area contributed by atoms with Gasteiger partial charge in [-0.15, -0.1) is 0 Å². The van der Waals surface area contributed by atoms with E-state index in [0.29, 0.717) is 0 Å². The van der Waals surface area contributed by atoms with Crippen molar-refractivity contribution in [3.8, 4) is 0 Å². The van der Waals surface area contributed by atoms with E-state index in [2.05, 4.69) is 39.3 Å². The van der Waals surface area contributed by atoms with Gasteiger partial charge in [0.1, 0.15) is 5.82 Å². The third-order valence-electron chi connectivity index (χ3n) is 3.81. The second kappa shape index (κ2) is 5.07. The van der Waals surface area contributed by atoms with Crippen LogP contribution in [-0.4, -0.2) is 15.0 Å². The molecule has 3 heterocycles. The fourth-order valence-corrected chi connectivity index (χ4v) is 2.65. The lowest BCUT2D eigenvalue weighted by Crippen LogP contribution is -1.97. The molecule has 0 aliphatic rings. The largest absolute Gasteiger partial charge is 0.338 e. The minimum Gasteiger partial charge on any atom is -0.338 e. The molecule has 0 fully saturated rings. The summed E-state index contributed by atoms with van der Waals surface area (Å²) >= 11 is 0. The Balaban J connectivity index is 1.88. The van der Waals surface area contributed by atoms with Crippen LogP contribution in [0.5, 0.6) is 0 Å². The normalized spacial score (nSPS) is 11.0. The molecule has 0 atom stereocenters. The predicted molar refractivity (Wildman–Crippen MR) is 89.3 cm³/mol. The highest BCUT2D eigenvalue weighted by atomic mass is 15.0. The molecule has 4 rings (SSSR count). The summed E-state index contributed by atoms with van der Waals surface area (Å²) < 4.78 is 0. The summed E-state index contributed by atoms with van der Waals surface area (Å²) in [4.78, 5) is 13.2. The summed E-state index contributed by atoms with van der Waals surface area (Å²) in [7, 11) is 0. The van der Waals surface area contributed by atoms with Gasteiger partial charge in [0.2, 0.25) is 0 Å². The Kier molecular flexibility index (Phi) is 2.93. The Morgan fingerprint density at radius 1 is 0.864 bits per heavy atom. The van der Waals surface area contributed by atoms with E-state index >= 15 is 0 Å². The van der Waals surface area contributed by atoms with Crippen molar-refractivity contribution in [2.75, 3.05) is 5.32 Å². The van der Waals surface area contributed by atoms with Crippen molar-refractivity contribution < 1.29 is 0 Å². The molecule has 0 aliphatic carbocycles. The van der Waals surface area contributed by atoms with Crippen LogP contribution in [0.15, 0.2) is 61.2 Å². The zero-order chi connectivity index (χ0) is 14.9. The number of hydrogen-bond donors (Lipinski definition) is 1. The van der Waals surface area contributed by atoms with E-state index in [4.69, 9.17) is 0 Å². The third kappa shape index (κ3) is 2.05. The zero-order valence-electron chi connectivity index (χ0n) is 12.1. The number of anilines is 2. The Morgan fingerprint density at radius 2 is 1.77 bits per heavy atom. The van der Waals surface area contributed by atoms with Crippen molar-refractivity contribution >= 4 is 33.2 Å². The Hall–Kier alpha value is -3.01. The van der Waals surface area contributed by atoms with Crippen molar-refractivity contribution in [1.29, 1.82) is 0 Å². The summed E-state index contributed by atoms with van der Waals surface area (Å²) in [5.74, 6) is 0.793. The van der Waals surface area contributed by atoms with E-state index < -0.39 is 0 Å². The van der Waals surface area contributed by atoms with Gasteiger partial charge in [0.05, 0.1) is 11.2 Å². The van der Waals surface area contributed by atoms with Crippen LogP contribution in [0.3, 0.4) is 0 Å². The maximum absolute atomic E-state index is 4.51. The molecule has 0 unspecified atom stereocenters. The van der Waals surface area contributed by atoms with Crippen molar-refractivity contribution in [1.82, 2.24) is 15.0 Å². The fourth-order valence-electron chi connectivity index (χ4n) is 2.65. The number of hydrogen-bond acceptors (Lipinski definition) is 4. The summed E-state index contributed by atoms with van der Waals surface area (Å²) in [6.45, 7) is 2.09. The average Bonchev–Trinajstić information content (AvgIpc) is 2.58. The maximum atomic E-state index is 4.51. The molecular formula is C18H14N4. The van der Waals surface area contributed by atoms with Crippen molar-refractivity contribution in [2.24, 2.45) is 0 Å². The number of benzene rings is 1. The molecule has 0 aliphatic heterocycles. The first-order chi connectivity index (χ1) is 10.8. The SMILES string of the molecule is Cc1ccc(Nc2nccc3ccncc23)c2ncccc12. The molecule has 0 saturated heterocycles. The van der Waals surface area contributed by atoms with Gasteiger partial charge >= 0.3 is 0 Å². The average molecular weight is 286 g/mol. The highest BCUT2D eigenvalue weighted by Gasteiger charge is 2.07. The van der Waals surface area contributed by atoms with E-state index in [0.717, 1.165) is 33.2 Å². The molecule has 106 valence electrons. The molecule has 1 N–H and O–H groups in total. The Labute approximate surface area is 127 Å². The van der Waals surface area contributed by atoms with E-state index in [9.17, 15) is 0 Å². The van der Waals surface area contributed by atoms with Crippen molar-refractivity contribution in [3.63, 3.8) is 0 Å². The number of nitrogens with one attached hydrogen (secondary N) is 1. The molecule has 22 heavy (non-hydrogen) atoms. The van der Waals surface area contributed by atoms with Crippen LogP contribution in [-0.2, 0) is 0 Å². The van der Waals surface area contributed by atoms with Crippen LogP contribution >= 0.6 is 0 Å². The van der Waals surface area contributed by atoms with Gasteiger partial charge in [-0.05, 0) is 42.1 Å². The van der Waals surface area contributed by atoms with Crippen LogP contribution in [0, 0.1) is 6.92 Å². The van der Waals surface area contributed by atoms with E-state index in [1.807, 2.05) is 36.7 Å². The molecule has 0 saturated carbocycles. The first kappa shape index (κ1) is 12.7. The molecule has 4 heteroatoms. The lowest BCUT2D eigenvalue weighted by molar-refractivity contribution is 1.30. The third-order valence-corrected chi connectivity index (χ3v) is 3.81. The van der Waals surface area contributed by atoms with Crippen LogP contribution in [0.4, 0.5) is 11.5 Å². The van der Waals surface area contributed by atoms with Crippen molar-refractivity contribution in [2.45, 2.75) is 6.92 Å². The first-order valence-electron chi connectivity index (χ1n) is 7.13. The second-order valence-electron chi connectivity index (χ2n) is 5.21. The molecule has 0 bridgehead atoms. The van der Waals surface area contributed by atoms with Crippen LogP contribution in [0.1, 0.15) is 5.56 Å². The summed E-state index contributed by atoms with van der Waals surface area (Å²) in [6, 6.07) is 12.1.